The first-order valence-electron chi connectivity index (χ1n) is 8.25. The third kappa shape index (κ3) is 3.36. The van der Waals surface area contributed by atoms with E-state index < -0.39 is 0 Å². The lowest BCUT2D eigenvalue weighted by atomic mass is 10.2. The van der Waals surface area contributed by atoms with Crippen molar-refractivity contribution in [1.82, 2.24) is 24.4 Å². The van der Waals surface area contributed by atoms with Gasteiger partial charge in [-0.2, -0.15) is 5.10 Å². The molecule has 1 aromatic carbocycles. The smallest absolute Gasteiger partial charge is 0.274 e. The van der Waals surface area contributed by atoms with Crippen LogP contribution >= 0.6 is 0 Å². The van der Waals surface area contributed by atoms with Gasteiger partial charge in [-0.05, 0) is 23.8 Å². The molecule has 0 atom stereocenters. The van der Waals surface area contributed by atoms with Crippen LogP contribution in [0.3, 0.4) is 0 Å². The molecule has 0 saturated carbocycles. The summed E-state index contributed by atoms with van der Waals surface area (Å²) >= 11 is 0. The van der Waals surface area contributed by atoms with E-state index in [2.05, 4.69) is 15.0 Å². The molecule has 1 aliphatic heterocycles. The van der Waals surface area contributed by atoms with Crippen LogP contribution in [0, 0.1) is 5.82 Å². The van der Waals surface area contributed by atoms with E-state index in [0.29, 0.717) is 24.4 Å². The van der Waals surface area contributed by atoms with E-state index in [-0.39, 0.29) is 11.7 Å². The van der Waals surface area contributed by atoms with E-state index in [4.69, 9.17) is 0 Å². The van der Waals surface area contributed by atoms with Crippen molar-refractivity contribution in [1.29, 1.82) is 0 Å². The van der Waals surface area contributed by atoms with Crippen molar-refractivity contribution in [3.8, 4) is 0 Å². The summed E-state index contributed by atoms with van der Waals surface area (Å²) in [4.78, 5) is 20.9. The third-order valence-electron chi connectivity index (χ3n) is 4.43. The van der Waals surface area contributed by atoms with E-state index in [1.165, 1.54) is 12.1 Å². The normalized spacial score (nSPS) is 15.6. The second-order valence-corrected chi connectivity index (χ2v) is 6.15. The molecule has 6 nitrogen and oxygen atoms in total. The number of hydrogen-bond acceptors (Lipinski definition) is 4. The van der Waals surface area contributed by atoms with Gasteiger partial charge in [0.2, 0.25) is 0 Å². The Morgan fingerprint density at radius 3 is 2.60 bits per heavy atom. The molecule has 0 bridgehead atoms. The van der Waals surface area contributed by atoms with Crippen molar-refractivity contribution < 1.29 is 9.18 Å². The van der Waals surface area contributed by atoms with Gasteiger partial charge in [0.25, 0.3) is 5.91 Å². The summed E-state index contributed by atoms with van der Waals surface area (Å²) in [5, 5.41) is 4.30. The topological polar surface area (TPSA) is 53.7 Å². The van der Waals surface area contributed by atoms with Crippen molar-refractivity contribution in [3.63, 3.8) is 0 Å². The van der Waals surface area contributed by atoms with Crippen LogP contribution in [0.25, 0.3) is 5.65 Å². The number of aromatic nitrogens is 3. The zero-order valence-electron chi connectivity index (χ0n) is 13.7. The first kappa shape index (κ1) is 15.7. The van der Waals surface area contributed by atoms with Crippen LogP contribution in [-0.4, -0.2) is 56.5 Å². The molecule has 3 heterocycles. The van der Waals surface area contributed by atoms with Crippen LogP contribution in [0.15, 0.2) is 48.8 Å². The number of rotatable bonds is 3. The molecule has 0 unspecified atom stereocenters. The molecule has 0 spiro atoms. The molecule has 25 heavy (non-hydrogen) atoms. The SMILES string of the molecule is O=C(c1cc2ncccn2n1)N1CCN(Cc2ccc(F)cc2)CC1. The highest BCUT2D eigenvalue weighted by Crippen LogP contribution is 2.12. The van der Waals surface area contributed by atoms with Gasteiger partial charge >= 0.3 is 0 Å². The number of carbonyl (C=O) groups excluding carboxylic acids is 1. The minimum Gasteiger partial charge on any atom is -0.335 e. The number of piperazine rings is 1. The molecule has 1 amide bonds. The summed E-state index contributed by atoms with van der Waals surface area (Å²) in [6, 6.07) is 10.1. The monoisotopic (exact) mass is 339 g/mol. The van der Waals surface area contributed by atoms with Crippen LogP contribution in [0.2, 0.25) is 0 Å². The summed E-state index contributed by atoms with van der Waals surface area (Å²) < 4.78 is 14.6. The quantitative estimate of drug-likeness (QED) is 0.730. The highest BCUT2D eigenvalue weighted by Gasteiger charge is 2.24. The fourth-order valence-electron chi connectivity index (χ4n) is 3.05. The van der Waals surface area contributed by atoms with E-state index in [9.17, 15) is 9.18 Å². The second kappa shape index (κ2) is 6.60. The van der Waals surface area contributed by atoms with E-state index in [0.717, 1.165) is 25.2 Å². The molecule has 128 valence electrons. The number of benzene rings is 1. The largest absolute Gasteiger partial charge is 0.335 e. The predicted octanol–water partition coefficient (Wildman–Crippen LogP) is 1.83. The lowest BCUT2D eigenvalue weighted by Crippen LogP contribution is -2.48. The van der Waals surface area contributed by atoms with Gasteiger partial charge in [0.05, 0.1) is 0 Å². The van der Waals surface area contributed by atoms with Crippen LogP contribution in [0.4, 0.5) is 4.39 Å². The molecule has 2 aromatic heterocycles. The molecule has 4 rings (SSSR count). The van der Waals surface area contributed by atoms with Crippen molar-refractivity contribution >= 4 is 11.6 Å². The van der Waals surface area contributed by atoms with Crippen LogP contribution in [0.5, 0.6) is 0 Å². The van der Waals surface area contributed by atoms with E-state index in [1.807, 2.05) is 4.90 Å². The number of carbonyl (C=O) groups is 1. The molecule has 1 saturated heterocycles. The fourth-order valence-corrected chi connectivity index (χ4v) is 3.05. The molecule has 1 fully saturated rings. The minimum absolute atomic E-state index is 0.0630. The molecule has 0 radical (unpaired) electrons. The number of hydrogen-bond donors (Lipinski definition) is 0. The Morgan fingerprint density at radius 1 is 1.12 bits per heavy atom. The van der Waals surface area contributed by atoms with Crippen LogP contribution < -0.4 is 0 Å². The highest BCUT2D eigenvalue weighted by molar-refractivity contribution is 5.93. The molecule has 1 aliphatic rings. The summed E-state index contributed by atoms with van der Waals surface area (Å²) in [6.45, 7) is 3.65. The standard InChI is InChI=1S/C18H18FN5O/c19-15-4-2-14(3-5-15)13-22-8-10-23(11-9-22)18(25)16-12-17-20-6-1-7-24(17)21-16/h1-7,12H,8-11,13H2. The van der Waals surface area contributed by atoms with Gasteiger partial charge in [0.1, 0.15) is 5.82 Å². The summed E-state index contributed by atoms with van der Waals surface area (Å²) in [5.74, 6) is -0.284. The molecular formula is C18H18FN5O. The maximum Gasteiger partial charge on any atom is 0.274 e. The van der Waals surface area contributed by atoms with Crippen molar-refractivity contribution in [2.45, 2.75) is 6.54 Å². The number of fused-ring (bicyclic) bond motifs is 1. The van der Waals surface area contributed by atoms with Crippen LogP contribution in [-0.2, 0) is 6.54 Å². The lowest BCUT2D eigenvalue weighted by Gasteiger charge is -2.34. The Hall–Kier alpha value is -2.80. The summed E-state index contributed by atoms with van der Waals surface area (Å²) in [7, 11) is 0. The van der Waals surface area contributed by atoms with Crippen LogP contribution in [0.1, 0.15) is 16.1 Å². The Balaban J connectivity index is 1.37. The zero-order chi connectivity index (χ0) is 17.2. The maximum absolute atomic E-state index is 13.0. The Labute approximate surface area is 144 Å². The van der Waals surface area contributed by atoms with Crippen molar-refractivity contribution in [2.75, 3.05) is 26.2 Å². The molecular weight excluding hydrogens is 321 g/mol. The Kier molecular flexibility index (Phi) is 4.15. The Bertz CT molecular complexity index is 851. The first-order valence-corrected chi connectivity index (χ1v) is 8.25. The fraction of sp³-hybridized carbons (Fsp3) is 0.278. The molecule has 0 N–H and O–H groups in total. The average molecular weight is 339 g/mol. The summed E-state index contributed by atoms with van der Waals surface area (Å²) in [5.41, 5.74) is 2.17. The van der Waals surface area contributed by atoms with E-state index >= 15 is 0 Å². The molecule has 3 aromatic rings. The van der Waals surface area contributed by atoms with E-state index in [1.54, 1.807) is 41.2 Å². The first-order chi connectivity index (χ1) is 12.2. The van der Waals surface area contributed by atoms with Gasteiger partial charge in [-0.25, -0.2) is 13.9 Å². The van der Waals surface area contributed by atoms with Crippen molar-refractivity contribution in [3.05, 3.63) is 65.9 Å². The highest BCUT2D eigenvalue weighted by atomic mass is 19.1. The zero-order valence-corrected chi connectivity index (χ0v) is 13.7. The lowest BCUT2D eigenvalue weighted by molar-refractivity contribution is 0.0622. The molecule has 0 aliphatic carbocycles. The Morgan fingerprint density at radius 2 is 1.88 bits per heavy atom. The second-order valence-electron chi connectivity index (χ2n) is 6.15. The summed E-state index contributed by atoms with van der Waals surface area (Å²) in [6.07, 6.45) is 3.46. The van der Waals surface area contributed by atoms with Gasteiger partial charge in [-0.15, -0.1) is 0 Å². The number of amides is 1. The van der Waals surface area contributed by atoms with Crippen molar-refractivity contribution in [2.24, 2.45) is 0 Å². The molecule has 7 heteroatoms. The predicted molar refractivity (Wildman–Crippen MR) is 90.6 cm³/mol. The van der Waals surface area contributed by atoms with Gasteiger partial charge in [0.15, 0.2) is 11.3 Å². The minimum atomic E-state index is -0.221. The van der Waals surface area contributed by atoms with Gasteiger partial charge < -0.3 is 4.90 Å². The maximum atomic E-state index is 13.0. The third-order valence-corrected chi connectivity index (χ3v) is 4.43. The van der Waals surface area contributed by atoms with Gasteiger partial charge in [-0.3, -0.25) is 9.69 Å². The van der Waals surface area contributed by atoms with Gasteiger partial charge in [-0.1, -0.05) is 12.1 Å². The average Bonchev–Trinajstić information content (AvgIpc) is 3.08. The number of halogens is 1. The number of nitrogens with zero attached hydrogens (tertiary/aromatic N) is 5. The van der Waals surface area contributed by atoms with Gasteiger partial charge in [0, 0.05) is 51.2 Å².